The summed E-state index contributed by atoms with van der Waals surface area (Å²) in [6.45, 7) is 1.58. The number of nitrogens with zero attached hydrogens (tertiary/aromatic N) is 1. The van der Waals surface area contributed by atoms with Crippen LogP contribution < -0.4 is 11.1 Å². The van der Waals surface area contributed by atoms with Gasteiger partial charge in [0.15, 0.2) is 0 Å². The number of hydrogen-bond acceptors (Lipinski definition) is 4. The molecular weight excluding hydrogens is 274 g/mol. The van der Waals surface area contributed by atoms with E-state index >= 15 is 0 Å². The van der Waals surface area contributed by atoms with Gasteiger partial charge in [0.25, 0.3) is 0 Å². The summed E-state index contributed by atoms with van der Waals surface area (Å²) in [6.07, 6.45) is 1.40. The Kier molecular flexibility index (Phi) is 5.16. The van der Waals surface area contributed by atoms with Gasteiger partial charge in [0.2, 0.25) is 11.8 Å². The Hall–Kier alpha value is -1.84. The zero-order chi connectivity index (χ0) is 14.4. The molecule has 0 aliphatic carbocycles. The zero-order valence-electron chi connectivity index (χ0n) is 11.1. The van der Waals surface area contributed by atoms with Gasteiger partial charge in [-0.05, 0) is 17.9 Å². The monoisotopic (exact) mass is 291 g/mol. The normalized spacial score (nSPS) is 14.1. The lowest BCUT2D eigenvalue weighted by Gasteiger charge is -2.14. The van der Waals surface area contributed by atoms with Crippen LogP contribution in [0, 0.1) is 11.8 Å². The number of amides is 2. The van der Waals surface area contributed by atoms with Crippen molar-refractivity contribution in [2.45, 2.75) is 19.4 Å². The van der Waals surface area contributed by atoms with Crippen molar-refractivity contribution in [3.63, 3.8) is 0 Å². The predicted molar refractivity (Wildman–Crippen MR) is 77.9 cm³/mol. The van der Waals surface area contributed by atoms with E-state index in [-0.39, 0.29) is 18.4 Å². The zero-order valence-corrected chi connectivity index (χ0v) is 12.0. The molecule has 1 saturated heterocycles. The second-order valence-electron chi connectivity index (χ2n) is 4.46. The molecular formula is C14H17N3O2S. The van der Waals surface area contributed by atoms with E-state index in [0.29, 0.717) is 26.1 Å². The van der Waals surface area contributed by atoms with Gasteiger partial charge in [-0.15, -0.1) is 11.3 Å². The molecule has 0 atom stereocenters. The van der Waals surface area contributed by atoms with E-state index in [1.165, 1.54) is 0 Å². The molecule has 1 aromatic heterocycles. The summed E-state index contributed by atoms with van der Waals surface area (Å²) in [4.78, 5) is 25.8. The van der Waals surface area contributed by atoms with Crippen molar-refractivity contribution in [1.29, 1.82) is 0 Å². The van der Waals surface area contributed by atoms with Crippen molar-refractivity contribution in [3.8, 4) is 11.8 Å². The van der Waals surface area contributed by atoms with Crippen LogP contribution in [0.25, 0.3) is 0 Å². The number of carbonyl (C=O) groups is 2. The van der Waals surface area contributed by atoms with Gasteiger partial charge in [0.05, 0.1) is 19.6 Å². The Morgan fingerprint density at radius 1 is 1.55 bits per heavy atom. The van der Waals surface area contributed by atoms with E-state index in [1.807, 2.05) is 11.4 Å². The smallest absolute Gasteiger partial charge is 0.239 e. The van der Waals surface area contributed by atoms with Gasteiger partial charge in [-0.25, -0.2) is 0 Å². The average molecular weight is 291 g/mol. The maximum absolute atomic E-state index is 11.8. The van der Waals surface area contributed by atoms with Crippen molar-refractivity contribution in [2.75, 3.05) is 19.6 Å². The van der Waals surface area contributed by atoms with Crippen LogP contribution in [0.5, 0.6) is 0 Å². The Labute approximate surface area is 122 Å². The minimum atomic E-state index is -0.133. The lowest BCUT2D eigenvalue weighted by Crippen LogP contribution is -2.37. The van der Waals surface area contributed by atoms with Crippen LogP contribution in [0.2, 0.25) is 0 Å². The van der Waals surface area contributed by atoms with E-state index in [9.17, 15) is 9.59 Å². The first-order valence-corrected chi connectivity index (χ1v) is 7.38. The third-order valence-corrected chi connectivity index (χ3v) is 3.94. The molecule has 20 heavy (non-hydrogen) atoms. The summed E-state index contributed by atoms with van der Waals surface area (Å²) < 4.78 is 0. The summed E-state index contributed by atoms with van der Waals surface area (Å²) in [6, 6.07) is 1.92. The first kappa shape index (κ1) is 14.6. The molecule has 1 fully saturated rings. The molecule has 106 valence electrons. The standard InChI is InChI=1S/C14H17N3O2S/c15-6-1-3-11-5-8-20-12(11)9-16-13(18)10-17-7-2-4-14(17)19/h5,8H,2,4,6-7,9-10,15H2,(H,16,18). The number of carbonyl (C=O) groups excluding carboxylic acids is 2. The molecule has 2 rings (SSSR count). The summed E-state index contributed by atoms with van der Waals surface area (Å²) in [5.74, 6) is 5.71. The molecule has 3 N–H and O–H groups in total. The molecule has 1 aromatic rings. The van der Waals surface area contributed by atoms with E-state index in [1.54, 1.807) is 16.2 Å². The Bertz CT molecular complexity index is 556. The molecule has 2 amide bonds. The maximum atomic E-state index is 11.8. The molecule has 0 aromatic carbocycles. The highest BCUT2D eigenvalue weighted by molar-refractivity contribution is 7.10. The largest absolute Gasteiger partial charge is 0.350 e. The lowest BCUT2D eigenvalue weighted by molar-refractivity contribution is -0.133. The molecule has 0 spiro atoms. The van der Waals surface area contributed by atoms with Crippen LogP contribution in [0.4, 0.5) is 0 Å². The molecule has 0 saturated carbocycles. The number of thiophene rings is 1. The van der Waals surface area contributed by atoms with Gasteiger partial charge in [0.1, 0.15) is 0 Å². The van der Waals surface area contributed by atoms with Crippen LogP contribution in [0.3, 0.4) is 0 Å². The molecule has 0 bridgehead atoms. The fraction of sp³-hybridized carbons (Fsp3) is 0.429. The summed E-state index contributed by atoms with van der Waals surface area (Å²) >= 11 is 1.55. The van der Waals surface area contributed by atoms with Crippen molar-refractivity contribution >= 4 is 23.2 Å². The third-order valence-electron chi connectivity index (χ3n) is 3.02. The molecule has 0 unspecified atom stereocenters. The Morgan fingerprint density at radius 3 is 3.10 bits per heavy atom. The Morgan fingerprint density at radius 2 is 2.40 bits per heavy atom. The number of likely N-dealkylation sites (tertiary alicyclic amines) is 1. The van der Waals surface area contributed by atoms with Crippen LogP contribution in [0.1, 0.15) is 23.3 Å². The number of nitrogens with one attached hydrogen (secondary N) is 1. The first-order valence-electron chi connectivity index (χ1n) is 6.50. The Balaban J connectivity index is 1.84. The van der Waals surface area contributed by atoms with Crippen LogP contribution >= 0.6 is 11.3 Å². The molecule has 2 heterocycles. The number of nitrogens with two attached hydrogens (primary N) is 1. The van der Waals surface area contributed by atoms with Crippen molar-refractivity contribution < 1.29 is 9.59 Å². The molecule has 0 radical (unpaired) electrons. The minimum absolute atomic E-state index is 0.0609. The molecule has 1 aliphatic rings. The van der Waals surface area contributed by atoms with Gasteiger partial charge in [-0.1, -0.05) is 11.8 Å². The minimum Gasteiger partial charge on any atom is -0.350 e. The summed E-state index contributed by atoms with van der Waals surface area (Å²) in [7, 11) is 0. The quantitative estimate of drug-likeness (QED) is 0.783. The van der Waals surface area contributed by atoms with Crippen molar-refractivity contribution in [3.05, 3.63) is 21.9 Å². The van der Waals surface area contributed by atoms with E-state index in [4.69, 9.17) is 5.73 Å². The highest BCUT2D eigenvalue weighted by Crippen LogP contribution is 2.15. The van der Waals surface area contributed by atoms with Gasteiger partial charge < -0.3 is 16.0 Å². The molecule has 5 nitrogen and oxygen atoms in total. The van der Waals surface area contributed by atoms with Crippen molar-refractivity contribution in [1.82, 2.24) is 10.2 Å². The predicted octanol–water partition coefficient (Wildman–Crippen LogP) is 0.297. The molecule has 1 aliphatic heterocycles. The fourth-order valence-corrected chi connectivity index (χ4v) is 2.78. The second kappa shape index (κ2) is 7.08. The lowest BCUT2D eigenvalue weighted by atomic mass is 10.2. The van der Waals surface area contributed by atoms with E-state index < -0.39 is 0 Å². The third kappa shape index (κ3) is 3.83. The number of hydrogen-bond donors (Lipinski definition) is 2. The van der Waals surface area contributed by atoms with Gasteiger partial charge in [-0.3, -0.25) is 9.59 Å². The van der Waals surface area contributed by atoms with E-state index in [0.717, 1.165) is 16.9 Å². The topological polar surface area (TPSA) is 75.4 Å². The fourth-order valence-electron chi connectivity index (χ4n) is 2.01. The average Bonchev–Trinajstić information content (AvgIpc) is 3.04. The summed E-state index contributed by atoms with van der Waals surface area (Å²) in [5, 5.41) is 4.76. The SMILES string of the molecule is NCC#Cc1ccsc1CNC(=O)CN1CCCC1=O. The number of rotatable bonds is 4. The highest BCUT2D eigenvalue weighted by Gasteiger charge is 2.22. The van der Waals surface area contributed by atoms with Gasteiger partial charge in [-0.2, -0.15) is 0 Å². The van der Waals surface area contributed by atoms with Gasteiger partial charge >= 0.3 is 0 Å². The van der Waals surface area contributed by atoms with Crippen molar-refractivity contribution in [2.24, 2.45) is 5.73 Å². The van der Waals surface area contributed by atoms with Crippen LogP contribution in [0.15, 0.2) is 11.4 Å². The highest BCUT2D eigenvalue weighted by atomic mass is 32.1. The second-order valence-corrected chi connectivity index (χ2v) is 5.46. The van der Waals surface area contributed by atoms with Crippen LogP contribution in [-0.4, -0.2) is 36.3 Å². The van der Waals surface area contributed by atoms with Crippen LogP contribution in [-0.2, 0) is 16.1 Å². The van der Waals surface area contributed by atoms with E-state index in [2.05, 4.69) is 17.2 Å². The maximum Gasteiger partial charge on any atom is 0.239 e. The first-order chi connectivity index (χ1) is 9.70. The molecule has 6 heteroatoms. The summed E-state index contributed by atoms with van der Waals surface area (Å²) in [5.41, 5.74) is 6.25. The van der Waals surface area contributed by atoms with Gasteiger partial charge in [0, 0.05) is 23.4 Å².